The Labute approximate surface area is 150 Å². The number of aliphatic hydroxyl groups is 5. The van der Waals surface area contributed by atoms with E-state index in [4.69, 9.17) is 17.3 Å². The lowest BCUT2D eigenvalue weighted by Gasteiger charge is -2.31. The second-order valence-corrected chi connectivity index (χ2v) is 6.36. The molecule has 1 aromatic rings. The summed E-state index contributed by atoms with van der Waals surface area (Å²) >= 11 is 5.81. The zero-order valence-electron chi connectivity index (χ0n) is 14.0. The Morgan fingerprint density at radius 1 is 1.32 bits per heavy atom. The van der Waals surface area contributed by atoms with E-state index in [9.17, 15) is 30.3 Å². The molecule has 0 bridgehead atoms. The summed E-state index contributed by atoms with van der Waals surface area (Å²) in [5, 5.41) is 48.6. The van der Waals surface area contributed by atoms with Crippen LogP contribution in [0, 0.1) is 0 Å². The van der Waals surface area contributed by atoms with E-state index in [1.165, 1.54) is 13.0 Å². The monoisotopic (exact) mass is 377 g/mol. The molecule has 0 saturated heterocycles. The van der Waals surface area contributed by atoms with E-state index in [0.29, 0.717) is 16.3 Å². The molecule has 0 spiro atoms. The fourth-order valence-corrected chi connectivity index (χ4v) is 2.48. The number of esters is 1. The highest BCUT2D eigenvalue weighted by molar-refractivity contribution is 6.30. The van der Waals surface area contributed by atoms with Gasteiger partial charge in [-0.05, 0) is 30.0 Å². The topological polar surface area (TPSA) is 153 Å². The smallest absolute Gasteiger partial charge is 0.354 e. The van der Waals surface area contributed by atoms with Gasteiger partial charge in [0.2, 0.25) is 0 Å². The van der Waals surface area contributed by atoms with Gasteiger partial charge in [-0.15, -0.1) is 0 Å². The minimum Gasteiger partial charge on any atom is -0.406 e. The van der Waals surface area contributed by atoms with Crippen molar-refractivity contribution in [1.29, 1.82) is 0 Å². The van der Waals surface area contributed by atoms with Crippen LogP contribution < -0.4 is 5.73 Å². The number of carbonyl (C=O) groups excluding carboxylic acids is 1. The lowest BCUT2D eigenvalue weighted by Crippen LogP contribution is -2.55. The zero-order valence-corrected chi connectivity index (χ0v) is 14.7. The van der Waals surface area contributed by atoms with Gasteiger partial charge in [-0.25, -0.2) is 0 Å². The Hall–Kier alpha value is -1.42. The number of halogens is 1. The van der Waals surface area contributed by atoms with Crippen molar-refractivity contribution in [3.63, 3.8) is 0 Å². The molecule has 0 radical (unpaired) electrons. The van der Waals surface area contributed by atoms with E-state index < -0.39 is 36.2 Å². The summed E-state index contributed by atoms with van der Waals surface area (Å²) in [6.45, 7) is 3.19. The van der Waals surface area contributed by atoms with Crippen molar-refractivity contribution in [2.45, 2.75) is 56.9 Å². The molecule has 25 heavy (non-hydrogen) atoms. The maximum atomic E-state index is 11.9. The van der Waals surface area contributed by atoms with E-state index >= 15 is 0 Å². The van der Waals surface area contributed by atoms with Crippen LogP contribution in [0.1, 0.15) is 38.2 Å². The van der Waals surface area contributed by atoms with Crippen molar-refractivity contribution in [1.82, 2.24) is 0 Å². The minimum absolute atomic E-state index is 0.0507. The number of ether oxygens (including phenoxy) is 1. The third-order valence-corrected chi connectivity index (χ3v) is 4.07. The molecular weight excluding hydrogens is 354 g/mol. The molecule has 0 aromatic heterocycles. The average Bonchev–Trinajstić information content (AvgIpc) is 2.51. The molecule has 7 N–H and O–H groups in total. The van der Waals surface area contributed by atoms with Crippen LogP contribution in [-0.2, 0) is 9.53 Å². The van der Waals surface area contributed by atoms with Crippen molar-refractivity contribution >= 4 is 23.3 Å². The molecule has 1 unspecified atom stereocenters. The maximum Gasteiger partial charge on any atom is 0.354 e. The van der Waals surface area contributed by atoms with Gasteiger partial charge in [0.15, 0.2) is 6.10 Å². The predicted octanol–water partition coefficient (Wildman–Crippen LogP) is 0.0901. The molecular formula is C16H24ClNO7. The van der Waals surface area contributed by atoms with Crippen molar-refractivity contribution in [3.8, 4) is 0 Å². The molecule has 0 heterocycles. The Morgan fingerprint density at radius 2 is 1.92 bits per heavy atom. The van der Waals surface area contributed by atoms with Gasteiger partial charge in [-0.3, -0.25) is 4.79 Å². The van der Waals surface area contributed by atoms with E-state index in [2.05, 4.69) is 4.74 Å². The Balaban J connectivity index is 2.74. The van der Waals surface area contributed by atoms with Crippen LogP contribution >= 0.6 is 11.6 Å². The highest BCUT2D eigenvalue weighted by atomic mass is 35.5. The van der Waals surface area contributed by atoms with E-state index in [1.54, 1.807) is 19.1 Å². The van der Waals surface area contributed by atoms with E-state index in [0.717, 1.165) is 0 Å². The van der Waals surface area contributed by atoms with Crippen LogP contribution in [-0.4, -0.2) is 55.8 Å². The third-order valence-electron chi connectivity index (χ3n) is 3.84. The number of benzene rings is 1. The lowest BCUT2D eigenvalue weighted by molar-refractivity contribution is -0.372. The van der Waals surface area contributed by atoms with Crippen LogP contribution in [0.4, 0.5) is 5.69 Å². The Kier molecular flexibility index (Phi) is 7.61. The number of rotatable bonds is 8. The second-order valence-electron chi connectivity index (χ2n) is 5.92. The van der Waals surface area contributed by atoms with Gasteiger partial charge in [0.05, 0.1) is 12.5 Å². The summed E-state index contributed by atoms with van der Waals surface area (Å²) in [4.78, 5) is 11.9. The summed E-state index contributed by atoms with van der Waals surface area (Å²) in [5.74, 6) is -4.81. The summed E-state index contributed by atoms with van der Waals surface area (Å²) < 4.78 is 4.46. The number of nitrogens with two attached hydrogens (primary N) is 1. The minimum atomic E-state index is -3.35. The molecule has 0 aliphatic rings. The molecule has 0 aliphatic heterocycles. The first kappa shape index (κ1) is 21.6. The zero-order chi connectivity index (χ0) is 19.4. The van der Waals surface area contributed by atoms with Gasteiger partial charge in [-0.1, -0.05) is 31.5 Å². The average molecular weight is 378 g/mol. The molecule has 8 nitrogen and oxygen atoms in total. The van der Waals surface area contributed by atoms with Gasteiger partial charge in [0, 0.05) is 10.7 Å². The molecule has 1 rings (SSSR count). The predicted molar refractivity (Wildman–Crippen MR) is 90.5 cm³/mol. The van der Waals surface area contributed by atoms with Crippen molar-refractivity contribution in [2.75, 3.05) is 5.73 Å². The van der Waals surface area contributed by atoms with E-state index in [1.807, 2.05) is 0 Å². The van der Waals surface area contributed by atoms with Crippen LogP contribution in [0.15, 0.2) is 18.2 Å². The second kappa shape index (κ2) is 8.79. The Bertz CT molecular complexity index is 596. The molecule has 0 amide bonds. The van der Waals surface area contributed by atoms with E-state index in [-0.39, 0.29) is 12.8 Å². The standard InChI is InChI=1S/C16H24ClNO7/c1-3-12(19)14(21)15(22)16(23,24)25-13(20)6-8(2)10-5-4-9(17)7-11(10)18/h4-5,7-8,12,14-15,19,21-24H,3,6,18H2,1-2H3/t8?,12-,14+,15-/m1/s1. The summed E-state index contributed by atoms with van der Waals surface area (Å²) in [6.07, 6.45) is -5.84. The van der Waals surface area contributed by atoms with Crippen LogP contribution in [0.5, 0.6) is 0 Å². The molecule has 142 valence electrons. The number of hydrogen-bond donors (Lipinski definition) is 6. The van der Waals surface area contributed by atoms with Gasteiger partial charge in [0.1, 0.15) is 6.10 Å². The summed E-state index contributed by atoms with van der Waals surface area (Å²) in [7, 11) is 0. The lowest BCUT2D eigenvalue weighted by atomic mass is 9.96. The molecule has 4 atom stereocenters. The molecule has 0 aliphatic carbocycles. The summed E-state index contributed by atoms with van der Waals surface area (Å²) in [5.41, 5.74) is 6.81. The first-order chi connectivity index (χ1) is 11.5. The van der Waals surface area contributed by atoms with Gasteiger partial charge >= 0.3 is 11.9 Å². The van der Waals surface area contributed by atoms with Crippen molar-refractivity contribution in [2.24, 2.45) is 0 Å². The highest BCUT2D eigenvalue weighted by Crippen LogP contribution is 2.28. The third kappa shape index (κ3) is 5.81. The summed E-state index contributed by atoms with van der Waals surface area (Å²) in [6, 6.07) is 4.76. The number of aliphatic hydroxyl groups excluding tert-OH is 3. The fourth-order valence-electron chi connectivity index (χ4n) is 2.30. The van der Waals surface area contributed by atoms with Crippen LogP contribution in [0.3, 0.4) is 0 Å². The van der Waals surface area contributed by atoms with Gasteiger partial charge in [-0.2, -0.15) is 0 Å². The number of carbonyl (C=O) groups is 1. The largest absolute Gasteiger partial charge is 0.406 e. The first-order valence-electron chi connectivity index (χ1n) is 7.75. The molecule has 0 fully saturated rings. The highest BCUT2D eigenvalue weighted by Gasteiger charge is 2.44. The Morgan fingerprint density at radius 3 is 2.44 bits per heavy atom. The molecule has 9 heteroatoms. The number of anilines is 1. The van der Waals surface area contributed by atoms with Gasteiger partial charge in [0.25, 0.3) is 0 Å². The normalized spacial score (nSPS) is 16.8. The van der Waals surface area contributed by atoms with Crippen molar-refractivity contribution in [3.05, 3.63) is 28.8 Å². The van der Waals surface area contributed by atoms with Gasteiger partial charge < -0.3 is 36.0 Å². The quantitative estimate of drug-likeness (QED) is 0.212. The molecule has 1 aromatic carbocycles. The first-order valence-corrected chi connectivity index (χ1v) is 8.13. The fraction of sp³-hybridized carbons (Fsp3) is 0.562. The van der Waals surface area contributed by atoms with Crippen LogP contribution in [0.2, 0.25) is 5.02 Å². The molecule has 0 saturated carbocycles. The van der Waals surface area contributed by atoms with Crippen LogP contribution in [0.25, 0.3) is 0 Å². The number of hydrogen-bond acceptors (Lipinski definition) is 8. The number of nitrogen functional groups attached to an aromatic ring is 1. The SMILES string of the molecule is CC[C@@H](O)[C@H](O)[C@@H](O)C(O)(O)OC(=O)CC(C)c1ccc(Cl)cc1N. The van der Waals surface area contributed by atoms with Crippen molar-refractivity contribution < 1.29 is 35.1 Å². The maximum absolute atomic E-state index is 11.9.